The van der Waals surface area contributed by atoms with E-state index in [4.69, 9.17) is 4.99 Å². The van der Waals surface area contributed by atoms with Crippen molar-refractivity contribution in [2.24, 2.45) is 4.99 Å². The molecule has 0 atom stereocenters. The zero-order chi connectivity index (χ0) is 16.5. The Labute approximate surface area is 139 Å². The summed E-state index contributed by atoms with van der Waals surface area (Å²) < 4.78 is 0. The van der Waals surface area contributed by atoms with E-state index in [1.807, 2.05) is 49.9 Å². The number of nitrogens with one attached hydrogen (secondary N) is 1. The van der Waals surface area contributed by atoms with Crippen LogP contribution in [0.4, 0.5) is 0 Å². The van der Waals surface area contributed by atoms with Gasteiger partial charge in [0.25, 0.3) is 0 Å². The average Bonchev–Trinajstić information content (AvgIpc) is 2.61. The molecule has 1 aliphatic carbocycles. The van der Waals surface area contributed by atoms with Crippen LogP contribution < -0.4 is 5.32 Å². The quantitative estimate of drug-likeness (QED) is 0.631. The molecule has 1 aromatic rings. The first-order chi connectivity index (χ1) is 11.2. The lowest BCUT2D eigenvalue weighted by Gasteiger charge is -2.25. The third-order valence-electron chi connectivity index (χ3n) is 4.29. The number of aliphatic imine (C=N–C) groups is 1. The number of pyridine rings is 1. The number of hydrogen-bond acceptors (Lipinski definition) is 3. The summed E-state index contributed by atoms with van der Waals surface area (Å²) in [6.07, 6.45) is 16.4. The molecule has 0 radical (unpaired) electrons. The zero-order valence-corrected chi connectivity index (χ0v) is 14.2. The van der Waals surface area contributed by atoms with Crippen LogP contribution in [0.1, 0.15) is 38.2 Å². The Morgan fingerprint density at radius 1 is 1.26 bits per heavy atom. The fraction of sp³-hybridized carbons (Fsp3) is 0.400. The highest BCUT2D eigenvalue weighted by molar-refractivity contribution is 5.85. The highest BCUT2D eigenvalue weighted by atomic mass is 14.9. The zero-order valence-electron chi connectivity index (χ0n) is 14.2. The third-order valence-corrected chi connectivity index (χ3v) is 4.29. The molecule has 1 aromatic heterocycles. The van der Waals surface area contributed by atoms with Crippen LogP contribution in [-0.4, -0.2) is 30.3 Å². The molecular formula is C20H27N3. The summed E-state index contributed by atoms with van der Waals surface area (Å²) in [5, 5.41) is 3.36. The highest BCUT2D eigenvalue weighted by Crippen LogP contribution is 2.21. The smallest absolute Gasteiger partial charge is 0.0500 e. The fourth-order valence-corrected chi connectivity index (χ4v) is 2.92. The molecule has 1 saturated carbocycles. The Kier molecular flexibility index (Phi) is 6.95. The van der Waals surface area contributed by atoms with Crippen LogP contribution in [0.25, 0.3) is 5.57 Å². The van der Waals surface area contributed by atoms with Crippen LogP contribution in [0.5, 0.6) is 0 Å². The Morgan fingerprint density at radius 3 is 2.57 bits per heavy atom. The summed E-state index contributed by atoms with van der Waals surface area (Å²) in [4.78, 5) is 8.84. The van der Waals surface area contributed by atoms with Gasteiger partial charge in [0, 0.05) is 24.7 Å². The summed E-state index contributed by atoms with van der Waals surface area (Å²) >= 11 is 0. The maximum Gasteiger partial charge on any atom is 0.0500 e. The van der Waals surface area contributed by atoms with Crippen LogP contribution in [0, 0.1) is 0 Å². The van der Waals surface area contributed by atoms with Crippen molar-refractivity contribution in [3.8, 4) is 0 Å². The van der Waals surface area contributed by atoms with Gasteiger partial charge in [0.15, 0.2) is 0 Å². The molecule has 1 heterocycles. The Morgan fingerprint density at radius 2 is 1.96 bits per heavy atom. The molecule has 2 rings (SSSR count). The first-order valence-corrected chi connectivity index (χ1v) is 8.34. The van der Waals surface area contributed by atoms with E-state index in [1.54, 1.807) is 0 Å². The molecule has 0 unspecified atom stereocenters. The lowest BCUT2D eigenvalue weighted by molar-refractivity contribution is 0.360. The standard InChI is InChI=1S/C20H27N3/c1-4-5-18(17-10-12-22-13-11-17)14-16(2)15-23-20-8-6-19(21-3)7-9-20/h4-5,10-15,19-21H,1,6-9H2,2-3H3/b16-14+,18-5+,23-15-/t19-,20-. The second-order valence-corrected chi connectivity index (χ2v) is 6.05. The van der Waals surface area contributed by atoms with Crippen LogP contribution in [0.15, 0.2) is 59.9 Å². The summed E-state index contributed by atoms with van der Waals surface area (Å²) in [6, 6.07) is 5.16. The minimum absolute atomic E-state index is 0.468. The summed E-state index contributed by atoms with van der Waals surface area (Å²) in [6.45, 7) is 5.91. The molecule has 23 heavy (non-hydrogen) atoms. The lowest BCUT2D eigenvalue weighted by Crippen LogP contribution is -2.31. The monoisotopic (exact) mass is 309 g/mol. The molecule has 0 amide bonds. The summed E-state index contributed by atoms with van der Waals surface area (Å²) in [5.74, 6) is 0. The molecular weight excluding hydrogens is 282 g/mol. The van der Waals surface area contributed by atoms with Gasteiger partial charge >= 0.3 is 0 Å². The van der Waals surface area contributed by atoms with Gasteiger partial charge in [0.1, 0.15) is 0 Å². The molecule has 0 aliphatic heterocycles. The van der Waals surface area contributed by atoms with Gasteiger partial charge in [-0.3, -0.25) is 9.98 Å². The van der Waals surface area contributed by atoms with E-state index in [0.29, 0.717) is 12.1 Å². The van der Waals surface area contributed by atoms with E-state index in [2.05, 4.69) is 29.9 Å². The van der Waals surface area contributed by atoms with Gasteiger partial charge in [-0.15, -0.1) is 0 Å². The van der Waals surface area contributed by atoms with Gasteiger partial charge in [0.2, 0.25) is 0 Å². The Balaban J connectivity index is 2.01. The predicted octanol–water partition coefficient (Wildman–Crippen LogP) is 4.20. The van der Waals surface area contributed by atoms with Crippen molar-refractivity contribution < 1.29 is 0 Å². The van der Waals surface area contributed by atoms with Gasteiger partial charge in [-0.1, -0.05) is 18.7 Å². The second-order valence-electron chi connectivity index (χ2n) is 6.05. The van der Waals surface area contributed by atoms with Crippen molar-refractivity contribution >= 4 is 11.8 Å². The molecule has 0 aromatic carbocycles. The minimum atomic E-state index is 0.468. The van der Waals surface area contributed by atoms with Crippen molar-refractivity contribution in [2.75, 3.05) is 7.05 Å². The van der Waals surface area contributed by atoms with Crippen molar-refractivity contribution in [3.05, 3.63) is 60.5 Å². The van der Waals surface area contributed by atoms with E-state index in [-0.39, 0.29) is 0 Å². The van der Waals surface area contributed by atoms with Crippen LogP contribution in [0.3, 0.4) is 0 Å². The number of aromatic nitrogens is 1. The van der Waals surface area contributed by atoms with Crippen LogP contribution in [-0.2, 0) is 0 Å². The number of nitrogens with zero attached hydrogens (tertiary/aromatic N) is 2. The third kappa shape index (κ3) is 5.61. The van der Waals surface area contributed by atoms with Crippen LogP contribution in [0.2, 0.25) is 0 Å². The van der Waals surface area contributed by atoms with Gasteiger partial charge in [-0.2, -0.15) is 0 Å². The second kappa shape index (κ2) is 9.21. The first kappa shape index (κ1) is 17.4. The van der Waals surface area contributed by atoms with Crippen molar-refractivity contribution in [1.82, 2.24) is 10.3 Å². The lowest BCUT2D eigenvalue weighted by atomic mass is 9.92. The van der Waals surface area contributed by atoms with Gasteiger partial charge in [0.05, 0.1) is 6.04 Å². The molecule has 1 N–H and O–H groups in total. The molecule has 0 saturated heterocycles. The van der Waals surface area contributed by atoms with E-state index in [0.717, 1.165) is 16.7 Å². The molecule has 122 valence electrons. The SMILES string of the molecule is C=C\C=C(/C=C(C)/C=N\[C@H]1CC[C@H](NC)CC1)c1ccncc1. The van der Waals surface area contributed by atoms with Gasteiger partial charge < -0.3 is 5.32 Å². The molecule has 0 bridgehead atoms. The maximum absolute atomic E-state index is 4.77. The largest absolute Gasteiger partial charge is 0.317 e. The minimum Gasteiger partial charge on any atom is -0.317 e. The van der Waals surface area contributed by atoms with E-state index in [1.165, 1.54) is 25.7 Å². The summed E-state index contributed by atoms with van der Waals surface area (Å²) in [5.41, 5.74) is 3.43. The topological polar surface area (TPSA) is 37.3 Å². The molecule has 1 fully saturated rings. The van der Waals surface area contributed by atoms with E-state index < -0.39 is 0 Å². The van der Waals surface area contributed by atoms with Crippen molar-refractivity contribution in [3.63, 3.8) is 0 Å². The number of hydrogen-bond donors (Lipinski definition) is 1. The average molecular weight is 309 g/mol. The van der Waals surface area contributed by atoms with Crippen molar-refractivity contribution in [1.29, 1.82) is 0 Å². The first-order valence-electron chi connectivity index (χ1n) is 8.34. The number of rotatable bonds is 6. The molecule has 1 aliphatic rings. The Hall–Kier alpha value is -2.00. The Bertz CT molecular complexity index is 576. The normalized spacial score (nSPS) is 23.2. The fourth-order valence-electron chi connectivity index (χ4n) is 2.92. The highest BCUT2D eigenvalue weighted by Gasteiger charge is 2.18. The molecule has 3 heteroatoms. The van der Waals surface area contributed by atoms with Crippen molar-refractivity contribution in [2.45, 2.75) is 44.7 Å². The maximum atomic E-state index is 4.77. The van der Waals surface area contributed by atoms with E-state index >= 15 is 0 Å². The number of allylic oxidation sites excluding steroid dienone is 5. The summed E-state index contributed by atoms with van der Waals surface area (Å²) in [7, 11) is 2.05. The van der Waals surface area contributed by atoms with Gasteiger partial charge in [-0.25, -0.2) is 0 Å². The van der Waals surface area contributed by atoms with Gasteiger partial charge in [-0.05, 0) is 74.6 Å². The molecule has 3 nitrogen and oxygen atoms in total. The van der Waals surface area contributed by atoms with E-state index in [9.17, 15) is 0 Å². The predicted molar refractivity (Wildman–Crippen MR) is 99.8 cm³/mol. The van der Waals surface area contributed by atoms with Crippen LogP contribution >= 0.6 is 0 Å². The molecule has 0 spiro atoms.